The van der Waals surface area contributed by atoms with Gasteiger partial charge >= 0.3 is 0 Å². The number of aldehydes is 2. The molecule has 0 amide bonds. The van der Waals surface area contributed by atoms with Crippen LogP contribution in [0.2, 0.25) is 0 Å². The molecule has 0 aliphatic carbocycles. The third kappa shape index (κ3) is 3.42. The van der Waals surface area contributed by atoms with E-state index in [1.54, 1.807) is 12.1 Å². The maximum Gasteiger partial charge on any atom is 0.185 e. The van der Waals surface area contributed by atoms with Crippen LogP contribution in [0.3, 0.4) is 0 Å². The molecule has 0 radical (unpaired) electrons. The molecule has 2 aromatic heterocycles. The average Bonchev–Trinajstić information content (AvgIpc) is 2.97. The first kappa shape index (κ1) is 12.9. The molecule has 17 heavy (non-hydrogen) atoms. The number of furan rings is 2. The summed E-state index contributed by atoms with van der Waals surface area (Å²) in [6.45, 7) is 1.68. The molecule has 0 saturated heterocycles. The van der Waals surface area contributed by atoms with E-state index in [2.05, 4.69) is 4.42 Å². The first-order valence-corrected chi connectivity index (χ1v) is 4.84. The van der Waals surface area contributed by atoms with Crippen LogP contribution in [0, 0.1) is 6.92 Å². The number of carbonyl (C=O) groups excluding carboxylic acids is 2. The lowest BCUT2D eigenvalue weighted by molar-refractivity contribution is 0.109. The van der Waals surface area contributed by atoms with Crippen molar-refractivity contribution in [1.29, 1.82) is 0 Å². The Bertz CT molecular complexity index is 481. The van der Waals surface area contributed by atoms with Crippen molar-refractivity contribution in [2.45, 2.75) is 13.5 Å². The Morgan fingerprint density at radius 3 is 2.06 bits per heavy atom. The summed E-state index contributed by atoms with van der Waals surface area (Å²) in [6.07, 6.45) is 4.15. The summed E-state index contributed by atoms with van der Waals surface area (Å²) in [6, 6.07) is 3.31. The van der Waals surface area contributed by atoms with Gasteiger partial charge in [-0.15, -0.1) is 0 Å². The number of hydrogen-bond acceptors (Lipinski definition) is 5. The second-order valence-electron chi connectivity index (χ2n) is 3.17. The van der Waals surface area contributed by atoms with Gasteiger partial charge in [0.05, 0.1) is 19.1 Å². The molecule has 2 heterocycles. The second kappa shape index (κ2) is 6.44. The van der Waals surface area contributed by atoms with Gasteiger partial charge in [-0.05, 0) is 24.6 Å². The van der Waals surface area contributed by atoms with Gasteiger partial charge in [-0.25, -0.2) is 0 Å². The molecule has 0 spiro atoms. The molecular formula is C12H12O5. The Labute approximate surface area is 97.7 Å². The van der Waals surface area contributed by atoms with Gasteiger partial charge in [0.2, 0.25) is 0 Å². The Hall–Kier alpha value is -2.14. The van der Waals surface area contributed by atoms with Crippen molar-refractivity contribution in [3.8, 4) is 0 Å². The fraction of sp³-hybridized carbons (Fsp3) is 0.167. The highest BCUT2D eigenvalue weighted by Crippen LogP contribution is 2.06. The minimum atomic E-state index is -0.148. The molecule has 0 aromatic carbocycles. The zero-order valence-electron chi connectivity index (χ0n) is 9.25. The highest BCUT2D eigenvalue weighted by molar-refractivity contribution is 5.73. The highest BCUT2D eigenvalue weighted by atomic mass is 16.3. The smallest absolute Gasteiger partial charge is 0.185 e. The van der Waals surface area contributed by atoms with E-state index in [9.17, 15) is 9.59 Å². The Balaban J connectivity index is 0.000000171. The number of aliphatic hydroxyl groups excluding tert-OH is 1. The molecule has 90 valence electrons. The monoisotopic (exact) mass is 236 g/mol. The van der Waals surface area contributed by atoms with Crippen molar-refractivity contribution in [2.75, 3.05) is 0 Å². The molecule has 1 N–H and O–H groups in total. The molecule has 2 rings (SSSR count). The number of carbonyl (C=O) groups is 2. The van der Waals surface area contributed by atoms with Crippen LogP contribution in [0.25, 0.3) is 0 Å². The van der Waals surface area contributed by atoms with Crippen molar-refractivity contribution >= 4 is 12.6 Å². The summed E-state index contributed by atoms with van der Waals surface area (Å²) in [5.74, 6) is 0.627. The summed E-state index contributed by atoms with van der Waals surface area (Å²) < 4.78 is 9.42. The fourth-order valence-electron chi connectivity index (χ4n) is 1.09. The molecule has 0 fully saturated rings. The van der Waals surface area contributed by atoms with E-state index in [1.165, 1.54) is 12.5 Å². The van der Waals surface area contributed by atoms with Gasteiger partial charge in [-0.1, -0.05) is 0 Å². The lowest BCUT2D eigenvalue weighted by Crippen LogP contribution is -1.84. The highest BCUT2D eigenvalue weighted by Gasteiger charge is 2.00. The zero-order chi connectivity index (χ0) is 12.7. The van der Waals surface area contributed by atoms with Crippen molar-refractivity contribution in [3.63, 3.8) is 0 Å². The van der Waals surface area contributed by atoms with Gasteiger partial charge < -0.3 is 13.9 Å². The molecule has 0 aliphatic rings. The largest absolute Gasteiger partial charge is 0.461 e. The third-order valence-corrected chi connectivity index (χ3v) is 2.07. The van der Waals surface area contributed by atoms with E-state index in [0.717, 1.165) is 5.56 Å². The minimum absolute atomic E-state index is 0.148. The van der Waals surface area contributed by atoms with Gasteiger partial charge in [0, 0.05) is 5.56 Å². The number of aryl methyl sites for hydroxylation is 1. The summed E-state index contributed by atoms with van der Waals surface area (Å²) in [5, 5.41) is 8.52. The lowest BCUT2D eigenvalue weighted by atomic mass is 10.3. The van der Waals surface area contributed by atoms with Crippen molar-refractivity contribution in [1.82, 2.24) is 0 Å². The molecule has 0 aliphatic heterocycles. The first-order chi connectivity index (χ1) is 8.22. The summed E-state index contributed by atoms with van der Waals surface area (Å²) in [7, 11) is 0. The summed E-state index contributed by atoms with van der Waals surface area (Å²) in [4.78, 5) is 20.0. The van der Waals surface area contributed by atoms with E-state index in [0.29, 0.717) is 23.9 Å². The third-order valence-electron chi connectivity index (χ3n) is 2.07. The van der Waals surface area contributed by atoms with Crippen LogP contribution >= 0.6 is 0 Å². The predicted octanol–water partition coefficient (Wildman–Crippen LogP) is 1.98. The van der Waals surface area contributed by atoms with E-state index in [1.807, 2.05) is 6.92 Å². The first-order valence-electron chi connectivity index (χ1n) is 4.84. The number of aliphatic hydroxyl groups is 1. The number of rotatable bonds is 3. The Kier molecular flexibility index (Phi) is 4.90. The zero-order valence-corrected chi connectivity index (χ0v) is 9.25. The molecular weight excluding hydrogens is 224 g/mol. The van der Waals surface area contributed by atoms with Gasteiger partial charge in [-0.2, -0.15) is 0 Å². The van der Waals surface area contributed by atoms with Crippen molar-refractivity contribution < 1.29 is 23.5 Å². The maximum absolute atomic E-state index is 10.0. The van der Waals surface area contributed by atoms with Gasteiger partial charge in [0.15, 0.2) is 24.1 Å². The van der Waals surface area contributed by atoms with E-state index < -0.39 is 0 Å². The van der Waals surface area contributed by atoms with Crippen molar-refractivity contribution in [3.05, 3.63) is 47.3 Å². The van der Waals surface area contributed by atoms with Gasteiger partial charge in [-0.3, -0.25) is 9.59 Å². The van der Waals surface area contributed by atoms with Gasteiger partial charge in [0.1, 0.15) is 0 Å². The Morgan fingerprint density at radius 2 is 1.71 bits per heavy atom. The molecule has 5 nitrogen and oxygen atoms in total. The van der Waals surface area contributed by atoms with Crippen LogP contribution in [-0.4, -0.2) is 17.7 Å². The quantitative estimate of drug-likeness (QED) is 0.824. The molecule has 0 atom stereocenters. The van der Waals surface area contributed by atoms with E-state index >= 15 is 0 Å². The van der Waals surface area contributed by atoms with Crippen LogP contribution in [-0.2, 0) is 6.61 Å². The predicted molar refractivity (Wildman–Crippen MR) is 58.9 cm³/mol. The van der Waals surface area contributed by atoms with E-state index in [4.69, 9.17) is 9.52 Å². The van der Waals surface area contributed by atoms with Crippen LogP contribution in [0.4, 0.5) is 0 Å². The van der Waals surface area contributed by atoms with Crippen LogP contribution in [0.1, 0.15) is 32.2 Å². The van der Waals surface area contributed by atoms with Crippen LogP contribution in [0.15, 0.2) is 33.5 Å². The molecule has 2 aromatic rings. The Morgan fingerprint density at radius 1 is 1.12 bits per heavy atom. The topological polar surface area (TPSA) is 80.7 Å². The summed E-state index contributed by atoms with van der Waals surface area (Å²) in [5.41, 5.74) is 1.42. The number of hydrogen-bond donors (Lipinski definition) is 1. The SMILES string of the molecule is Cc1ccoc1C=O.O=Cc1occc1CO. The standard InChI is InChI=1S/C6H6O3.C6H6O2/c7-3-5-1-2-9-6(5)4-8;1-5-2-3-8-6(5)4-7/h1-2,4,7H,3H2;2-4H,1H3. The van der Waals surface area contributed by atoms with Crippen molar-refractivity contribution in [2.24, 2.45) is 0 Å². The second-order valence-corrected chi connectivity index (χ2v) is 3.17. The summed E-state index contributed by atoms with van der Waals surface area (Å²) >= 11 is 0. The molecule has 0 unspecified atom stereocenters. The van der Waals surface area contributed by atoms with E-state index in [-0.39, 0.29) is 12.4 Å². The molecule has 5 heteroatoms. The minimum Gasteiger partial charge on any atom is -0.461 e. The normalized spacial score (nSPS) is 9.29. The average molecular weight is 236 g/mol. The molecule has 0 bridgehead atoms. The van der Waals surface area contributed by atoms with Gasteiger partial charge in [0.25, 0.3) is 0 Å². The van der Waals surface area contributed by atoms with Crippen LogP contribution in [0.5, 0.6) is 0 Å². The maximum atomic E-state index is 10.0. The fourth-order valence-corrected chi connectivity index (χ4v) is 1.09. The lowest BCUT2D eigenvalue weighted by Gasteiger charge is -1.85. The van der Waals surface area contributed by atoms with Crippen LogP contribution < -0.4 is 0 Å². The molecule has 0 saturated carbocycles.